The number of nitrogens with zero attached hydrogens (tertiary/aromatic N) is 3. The van der Waals surface area contributed by atoms with Gasteiger partial charge in [-0.2, -0.15) is 12.6 Å². The molecule has 41 heteroatoms. The number of benzene rings is 2. The number of carbonyl (C=O) groups is 16. The van der Waals surface area contributed by atoms with Crippen LogP contribution in [0.4, 0.5) is 0 Å². The van der Waals surface area contributed by atoms with E-state index >= 15 is 14.4 Å². The van der Waals surface area contributed by atoms with E-state index in [1.165, 1.54) is 33.3 Å². The number of nitrogens with one attached hydrogen (secondary N) is 14. The van der Waals surface area contributed by atoms with Crippen molar-refractivity contribution in [3.8, 4) is 0 Å². The molecule has 0 saturated carbocycles. The van der Waals surface area contributed by atoms with Crippen molar-refractivity contribution in [2.24, 2.45) is 57.7 Å². The average molecular weight is 1770 g/mol. The molecule has 2 heterocycles. The molecule has 40 nitrogen and oxygen atoms in total. The van der Waals surface area contributed by atoms with Gasteiger partial charge in [0.25, 0.3) is 0 Å². The summed E-state index contributed by atoms with van der Waals surface area (Å²) >= 11 is 4.24. The summed E-state index contributed by atoms with van der Waals surface area (Å²) < 4.78 is 0. The maximum absolute atomic E-state index is 15.0. The number of aromatic amines is 1. The fourth-order valence-electron chi connectivity index (χ4n) is 13.7. The van der Waals surface area contributed by atoms with E-state index in [1.54, 1.807) is 130 Å². The van der Waals surface area contributed by atoms with Crippen LogP contribution in [0.5, 0.6) is 0 Å². The quantitative estimate of drug-likeness (QED) is 0.0124. The van der Waals surface area contributed by atoms with E-state index in [4.69, 9.17) is 17.2 Å². The van der Waals surface area contributed by atoms with Crippen LogP contribution in [0, 0.1) is 35.5 Å². The Balaban J connectivity index is 1.62. The number of imidazole rings is 1. The summed E-state index contributed by atoms with van der Waals surface area (Å²) in [5, 5.41) is 74.5. The number of nitrogens with two attached hydrogens (primary N) is 3. The van der Waals surface area contributed by atoms with Gasteiger partial charge in [0.05, 0.1) is 19.0 Å². The van der Waals surface area contributed by atoms with Crippen molar-refractivity contribution in [3.63, 3.8) is 0 Å². The van der Waals surface area contributed by atoms with Crippen LogP contribution >= 0.6 is 12.6 Å². The molecule has 1 saturated heterocycles. The van der Waals surface area contributed by atoms with Crippen molar-refractivity contribution in [2.75, 3.05) is 25.4 Å². The third-order valence-corrected chi connectivity index (χ3v) is 21.2. The van der Waals surface area contributed by atoms with E-state index in [0.717, 1.165) is 4.90 Å². The molecule has 694 valence electrons. The average Bonchev–Trinajstić information content (AvgIpc) is 1.76. The monoisotopic (exact) mass is 1770 g/mol. The minimum absolute atomic E-state index is 0.0193. The van der Waals surface area contributed by atoms with Gasteiger partial charge in [-0.3, -0.25) is 76.9 Å². The van der Waals surface area contributed by atoms with Gasteiger partial charge in [-0.15, -0.1) is 0 Å². The Hall–Kier alpha value is -11.3. The molecule has 4 rings (SSSR count). The minimum atomic E-state index is -1.79. The maximum atomic E-state index is 15.0. The molecule has 125 heavy (non-hydrogen) atoms. The van der Waals surface area contributed by atoms with Crippen molar-refractivity contribution in [1.82, 2.24) is 84.0 Å². The van der Waals surface area contributed by atoms with Crippen LogP contribution in [-0.2, 0) is 96.0 Å². The summed E-state index contributed by atoms with van der Waals surface area (Å²) in [5.74, 6) is -18.5. The second kappa shape index (κ2) is 53.1. The lowest BCUT2D eigenvalue weighted by molar-refractivity contribution is -0.144. The van der Waals surface area contributed by atoms with Gasteiger partial charge in [0.1, 0.15) is 90.6 Å². The molecular formula is C84H132N20O20S. The van der Waals surface area contributed by atoms with Crippen molar-refractivity contribution < 1.29 is 97.1 Å². The number of amides is 14. The fourth-order valence-corrected chi connectivity index (χ4v) is 14.0. The maximum Gasteiger partial charge on any atom is 0.326 e. The first kappa shape index (κ1) is 106. The Bertz CT molecular complexity index is 4100. The Morgan fingerprint density at radius 3 is 1.36 bits per heavy atom. The number of rotatable bonds is 54. The van der Waals surface area contributed by atoms with Crippen LogP contribution in [-0.4, -0.2) is 258 Å². The second-order valence-corrected chi connectivity index (χ2v) is 33.9. The van der Waals surface area contributed by atoms with Gasteiger partial charge in [-0.1, -0.05) is 150 Å². The van der Waals surface area contributed by atoms with Gasteiger partial charge < -0.3 is 117 Å². The van der Waals surface area contributed by atoms with Gasteiger partial charge in [0.15, 0.2) is 5.96 Å². The predicted octanol–water partition coefficient (Wildman–Crippen LogP) is -2.14. The van der Waals surface area contributed by atoms with E-state index in [2.05, 4.69) is 96.7 Å². The summed E-state index contributed by atoms with van der Waals surface area (Å²) in [6, 6.07) is -4.55. The first-order valence-corrected chi connectivity index (χ1v) is 43.0. The highest BCUT2D eigenvalue weighted by Crippen LogP contribution is 2.23. The minimum Gasteiger partial charge on any atom is -0.481 e. The van der Waals surface area contributed by atoms with Gasteiger partial charge in [-0.25, -0.2) is 9.78 Å². The van der Waals surface area contributed by atoms with Crippen LogP contribution in [0.25, 0.3) is 0 Å². The normalized spacial score (nSPS) is 16.5. The van der Waals surface area contributed by atoms with Gasteiger partial charge >= 0.3 is 11.9 Å². The highest BCUT2D eigenvalue weighted by molar-refractivity contribution is 7.80. The van der Waals surface area contributed by atoms with Crippen LogP contribution in [0.2, 0.25) is 0 Å². The molecule has 0 bridgehead atoms. The first-order valence-electron chi connectivity index (χ1n) is 42.4. The topological polar surface area (TPSA) is 633 Å². The molecule has 3 aromatic rings. The van der Waals surface area contributed by atoms with E-state index in [1.807, 2.05) is 0 Å². The fraction of sp³-hybridized carbons (Fsp3) is 0.619. The van der Waals surface area contributed by atoms with Crippen LogP contribution in [0.15, 0.2) is 78.2 Å². The number of aliphatic imine (C=N–C) groups is 1. The highest BCUT2D eigenvalue weighted by Gasteiger charge is 2.44. The number of aliphatic hydroxyl groups excluding tert-OH is 2. The number of aliphatic carboxylic acids is 2. The van der Waals surface area contributed by atoms with E-state index in [-0.39, 0.29) is 113 Å². The largest absolute Gasteiger partial charge is 0.481 e. The molecule has 0 spiro atoms. The highest BCUT2D eigenvalue weighted by atomic mass is 32.1. The number of hydrogen-bond acceptors (Lipinski definition) is 22. The van der Waals surface area contributed by atoms with E-state index in [9.17, 15) is 82.8 Å². The molecule has 1 aromatic heterocycles. The molecule has 2 aromatic carbocycles. The number of H-pyrrole nitrogens is 1. The van der Waals surface area contributed by atoms with Crippen LogP contribution < -0.4 is 86.3 Å². The SMILES string of the molecule is CC[C@H](C)[C@H](NC(=O)[C@H](Cc1ccccc1)NC(=O)[C@H](Cc1cnc[nH]1)NC(=O)[C@H](CC(C)C)NC(=O)[C@@H](N)CO)C(=O)N[C@@H](Cc1ccccc1)C(=O)N[C@H](C(=O)N1CCC[C@H]1C(=O)N[C@@H](CCCN=C(N)N)C(=O)N[C@@H](CC(C)C)C(=O)N[C@H](C(=O)N[C@@H](CC(C)C)C(=O)N[C@@H](CS)C(=O)N[C@@H](CCC(=O)O)C(=O)N[C@H](C(=O)O)C(C)C)C(C)C)[C@@H](C)O. The van der Waals surface area contributed by atoms with E-state index < -0.39 is 229 Å². The standard InChI is InChI=1S/C84H132N20O20S/c1-14-48(12)67(102-76(116)59(36-50-23-17-15-18-24-50)95-74(114)61(38-52-39-88-42-90-52)96-72(112)56(33-43(2)3)93-69(109)53(85)40-105)81(121)98-60(37-51-25-19-16-20-26-51)77(117)103-68(49(13)106)82(122)104-32-22-28-63(104)79(119)92-54(27-21-31-89-84(86)87)70(110)94-58(35-45(6)7)75(115)100-65(46(8)9)80(120)97-57(34-44(4)5)73(113)99-62(41-125)78(118)91-55(29-30-64(107)108)71(111)101-66(47(10)11)83(123)124/h15-20,23-26,39,42-49,53-63,65-68,105-106,125H,14,21-22,27-38,40-41,85H2,1-13H3,(H,88,90)(H,91,118)(H,92,119)(H,93,109)(H,94,110)(H,95,114)(H,96,112)(H,97,120)(H,98,121)(H,99,113)(H,100,115)(H,101,111)(H,102,116)(H,103,117)(H,107,108)(H,123,124)(H4,86,87,89)/t48-,49+,53-,54-,55-,56-,57-,58-,59-,60-,61-,62-,63-,65-,66-,67-,68-/m0/s1. The molecule has 0 radical (unpaired) electrons. The Kier molecular flexibility index (Phi) is 45.0. The summed E-state index contributed by atoms with van der Waals surface area (Å²) in [6.07, 6.45) is 0.00722. The zero-order chi connectivity index (χ0) is 93.6. The molecule has 0 aliphatic carbocycles. The molecule has 24 N–H and O–H groups in total. The zero-order valence-corrected chi connectivity index (χ0v) is 74.4. The molecule has 0 unspecified atom stereocenters. The Morgan fingerprint density at radius 2 is 0.904 bits per heavy atom. The molecule has 1 aliphatic rings. The van der Waals surface area contributed by atoms with Gasteiger partial charge in [-0.05, 0) is 105 Å². The number of aliphatic hydroxyl groups is 2. The molecule has 1 fully saturated rings. The van der Waals surface area contributed by atoms with Crippen molar-refractivity contribution in [1.29, 1.82) is 0 Å². The molecule has 14 amide bonds. The lowest BCUT2D eigenvalue weighted by Crippen LogP contribution is -2.63. The number of aromatic nitrogens is 2. The lowest BCUT2D eigenvalue weighted by Gasteiger charge is -2.32. The zero-order valence-electron chi connectivity index (χ0n) is 73.5. The van der Waals surface area contributed by atoms with Crippen molar-refractivity contribution in [2.45, 2.75) is 270 Å². The number of thiol groups is 1. The van der Waals surface area contributed by atoms with Gasteiger partial charge in [0.2, 0.25) is 82.7 Å². The smallest absolute Gasteiger partial charge is 0.326 e. The van der Waals surface area contributed by atoms with Crippen LogP contribution in [0.1, 0.15) is 171 Å². The summed E-state index contributed by atoms with van der Waals surface area (Å²) in [5.41, 5.74) is 18.6. The second-order valence-electron chi connectivity index (χ2n) is 33.5. The number of carboxylic acids is 2. The molecule has 1 aliphatic heterocycles. The third kappa shape index (κ3) is 36.0. The van der Waals surface area contributed by atoms with Gasteiger partial charge in [0, 0.05) is 56.4 Å². The summed E-state index contributed by atoms with van der Waals surface area (Å²) in [7, 11) is 0. The predicted molar refractivity (Wildman–Crippen MR) is 465 cm³/mol. The van der Waals surface area contributed by atoms with E-state index in [0.29, 0.717) is 16.8 Å². The third-order valence-electron chi connectivity index (χ3n) is 20.8. The Labute approximate surface area is 734 Å². The number of hydrogen-bond donors (Lipinski definition) is 22. The number of guanidine groups is 1. The first-order chi connectivity index (χ1) is 58.9. The lowest BCUT2D eigenvalue weighted by atomic mass is 9.96. The number of likely N-dealkylation sites (tertiary alicyclic amines) is 1. The number of carboxylic acid groups (broad SMARTS) is 2. The Morgan fingerprint density at radius 1 is 0.504 bits per heavy atom. The summed E-state index contributed by atoms with van der Waals surface area (Å²) in [6.45, 7) is 20.7. The van der Waals surface area contributed by atoms with Crippen molar-refractivity contribution in [3.05, 3.63) is 90.0 Å². The summed E-state index contributed by atoms with van der Waals surface area (Å²) in [4.78, 5) is 237. The molecular weight excluding hydrogens is 1640 g/mol. The van der Waals surface area contributed by atoms with Crippen molar-refractivity contribution >= 4 is 113 Å². The molecule has 17 atom stereocenters. The van der Waals surface area contributed by atoms with Crippen LogP contribution in [0.3, 0.4) is 0 Å². The number of carbonyl (C=O) groups excluding carboxylic acids is 14.